The van der Waals surface area contributed by atoms with Gasteiger partial charge in [-0.3, -0.25) is 4.79 Å². The molecule has 1 heterocycles. The monoisotopic (exact) mass is 250 g/mol. The molecule has 100 valence electrons. The van der Waals surface area contributed by atoms with E-state index < -0.39 is 0 Å². The molecule has 1 aromatic heterocycles. The Hall–Kier alpha value is -1.58. The van der Waals surface area contributed by atoms with Crippen LogP contribution in [-0.4, -0.2) is 23.0 Å². The van der Waals surface area contributed by atoms with Gasteiger partial charge in [0.05, 0.1) is 12.2 Å². The highest BCUT2D eigenvalue weighted by molar-refractivity contribution is 5.94. The van der Waals surface area contributed by atoms with Gasteiger partial charge in [0.2, 0.25) is 5.88 Å². The number of pyridine rings is 1. The molecule has 0 fully saturated rings. The molecule has 1 rings (SSSR count). The maximum atomic E-state index is 11.8. The number of ether oxygens (including phenoxy) is 1. The molecule has 4 heteroatoms. The molecular weight excluding hydrogens is 228 g/mol. The highest BCUT2D eigenvalue weighted by Gasteiger charge is 2.15. The summed E-state index contributed by atoms with van der Waals surface area (Å²) in [5.74, 6) is 0.450. The normalized spacial score (nSPS) is 11.1. The summed E-state index contributed by atoms with van der Waals surface area (Å²) in [4.78, 5) is 16.0. The molecule has 0 spiro atoms. The van der Waals surface area contributed by atoms with Gasteiger partial charge in [0.25, 0.3) is 5.91 Å². The summed E-state index contributed by atoms with van der Waals surface area (Å²) in [5.41, 5.74) is 0.306. The first-order valence-corrected chi connectivity index (χ1v) is 6.34. The number of amides is 1. The predicted octanol–water partition coefficient (Wildman–Crippen LogP) is 2.79. The fourth-order valence-corrected chi connectivity index (χ4v) is 1.33. The zero-order valence-corrected chi connectivity index (χ0v) is 11.6. The van der Waals surface area contributed by atoms with E-state index in [4.69, 9.17) is 4.74 Å². The van der Waals surface area contributed by atoms with Crippen molar-refractivity contribution in [1.29, 1.82) is 0 Å². The van der Waals surface area contributed by atoms with Crippen molar-refractivity contribution >= 4 is 5.91 Å². The summed E-state index contributed by atoms with van der Waals surface area (Å²) in [6.07, 6.45) is 3.64. The molecule has 0 aromatic carbocycles. The average molecular weight is 250 g/mol. The summed E-state index contributed by atoms with van der Waals surface area (Å²) < 4.78 is 5.44. The van der Waals surface area contributed by atoms with Gasteiger partial charge in [-0.05, 0) is 33.3 Å². The molecule has 0 unspecified atom stereocenters. The van der Waals surface area contributed by atoms with E-state index in [1.54, 1.807) is 18.3 Å². The van der Waals surface area contributed by atoms with Crippen LogP contribution in [0.2, 0.25) is 0 Å². The topological polar surface area (TPSA) is 51.2 Å². The third kappa shape index (κ3) is 5.17. The van der Waals surface area contributed by atoms with E-state index in [2.05, 4.69) is 17.2 Å². The van der Waals surface area contributed by atoms with Gasteiger partial charge in [-0.15, -0.1) is 0 Å². The number of hydrogen-bond donors (Lipinski definition) is 1. The Balaban J connectivity index is 2.57. The fourth-order valence-electron chi connectivity index (χ4n) is 1.33. The van der Waals surface area contributed by atoms with Gasteiger partial charge in [0, 0.05) is 17.8 Å². The largest absolute Gasteiger partial charge is 0.478 e. The standard InChI is InChI=1S/C14H22N2O2/c1-5-6-9-18-12-8-7-11(10-15-12)13(17)16-14(2,3)4/h7-8,10H,5-6,9H2,1-4H3,(H,16,17). The summed E-state index contributed by atoms with van der Waals surface area (Å²) in [6.45, 7) is 8.61. The number of aromatic nitrogens is 1. The second-order valence-electron chi connectivity index (χ2n) is 5.29. The van der Waals surface area contributed by atoms with Gasteiger partial charge in [-0.2, -0.15) is 0 Å². The average Bonchev–Trinajstić information content (AvgIpc) is 2.28. The molecule has 1 N–H and O–H groups in total. The molecule has 0 aliphatic rings. The van der Waals surface area contributed by atoms with Gasteiger partial charge in [-0.25, -0.2) is 4.98 Å². The Labute approximate surface area is 109 Å². The second-order valence-corrected chi connectivity index (χ2v) is 5.29. The molecule has 0 aliphatic heterocycles. The number of carbonyl (C=O) groups is 1. The maximum absolute atomic E-state index is 11.8. The molecule has 0 saturated carbocycles. The number of nitrogens with one attached hydrogen (secondary N) is 1. The van der Waals surface area contributed by atoms with E-state index in [0.717, 1.165) is 12.8 Å². The van der Waals surface area contributed by atoms with Crippen LogP contribution in [0.15, 0.2) is 18.3 Å². The van der Waals surface area contributed by atoms with E-state index >= 15 is 0 Å². The van der Waals surface area contributed by atoms with Crippen LogP contribution in [-0.2, 0) is 0 Å². The molecule has 1 aromatic rings. The smallest absolute Gasteiger partial charge is 0.253 e. The highest BCUT2D eigenvalue weighted by Crippen LogP contribution is 2.09. The van der Waals surface area contributed by atoms with Gasteiger partial charge in [-0.1, -0.05) is 13.3 Å². The Morgan fingerprint density at radius 2 is 2.11 bits per heavy atom. The molecule has 1 amide bonds. The van der Waals surface area contributed by atoms with Gasteiger partial charge in [0.15, 0.2) is 0 Å². The maximum Gasteiger partial charge on any atom is 0.253 e. The first-order chi connectivity index (χ1) is 8.42. The van der Waals surface area contributed by atoms with Crippen LogP contribution in [0.4, 0.5) is 0 Å². The Morgan fingerprint density at radius 1 is 1.39 bits per heavy atom. The first kappa shape index (κ1) is 14.5. The van der Waals surface area contributed by atoms with Crippen molar-refractivity contribution in [3.8, 4) is 5.88 Å². The molecule has 0 radical (unpaired) electrons. The third-order valence-electron chi connectivity index (χ3n) is 2.23. The number of carbonyl (C=O) groups excluding carboxylic acids is 1. The number of hydrogen-bond acceptors (Lipinski definition) is 3. The number of nitrogens with zero attached hydrogens (tertiary/aromatic N) is 1. The van der Waals surface area contributed by atoms with Crippen molar-refractivity contribution in [1.82, 2.24) is 10.3 Å². The zero-order valence-electron chi connectivity index (χ0n) is 11.6. The fraction of sp³-hybridized carbons (Fsp3) is 0.571. The van der Waals surface area contributed by atoms with Crippen LogP contribution in [0.25, 0.3) is 0 Å². The van der Waals surface area contributed by atoms with Crippen LogP contribution >= 0.6 is 0 Å². The summed E-state index contributed by atoms with van der Waals surface area (Å²) in [5, 5.41) is 2.89. The Kier molecular flexibility index (Phi) is 5.13. The molecule has 0 aliphatic carbocycles. The van der Waals surface area contributed by atoms with E-state index in [1.165, 1.54) is 0 Å². The minimum absolute atomic E-state index is 0.116. The number of unbranched alkanes of at least 4 members (excludes halogenated alkanes) is 1. The lowest BCUT2D eigenvalue weighted by Crippen LogP contribution is -2.40. The van der Waals surface area contributed by atoms with Crippen molar-refractivity contribution in [2.75, 3.05) is 6.61 Å². The van der Waals surface area contributed by atoms with Gasteiger partial charge >= 0.3 is 0 Å². The molecular formula is C14H22N2O2. The van der Waals surface area contributed by atoms with E-state index in [-0.39, 0.29) is 11.4 Å². The quantitative estimate of drug-likeness (QED) is 0.817. The van der Waals surface area contributed by atoms with E-state index in [0.29, 0.717) is 18.1 Å². The molecule has 0 atom stereocenters. The highest BCUT2D eigenvalue weighted by atomic mass is 16.5. The Bertz CT molecular complexity index is 380. The second kappa shape index (κ2) is 6.38. The van der Waals surface area contributed by atoms with Crippen LogP contribution in [0, 0.1) is 0 Å². The lowest BCUT2D eigenvalue weighted by Gasteiger charge is -2.20. The summed E-state index contributed by atoms with van der Waals surface area (Å²) >= 11 is 0. The predicted molar refractivity (Wildman–Crippen MR) is 71.9 cm³/mol. The molecule has 0 saturated heterocycles. The summed E-state index contributed by atoms with van der Waals surface area (Å²) in [7, 11) is 0. The minimum atomic E-state index is -0.243. The lowest BCUT2D eigenvalue weighted by molar-refractivity contribution is 0.0919. The van der Waals surface area contributed by atoms with Crippen molar-refractivity contribution in [3.63, 3.8) is 0 Å². The Morgan fingerprint density at radius 3 is 2.61 bits per heavy atom. The molecule has 0 bridgehead atoms. The van der Waals surface area contributed by atoms with Crippen LogP contribution in [0.1, 0.15) is 50.9 Å². The van der Waals surface area contributed by atoms with E-state index in [1.807, 2.05) is 20.8 Å². The summed E-state index contributed by atoms with van der Waals surface area (Å²) in [6, 6.07) is 3.46. The zero-order chi connectivity index (χ0) is 13.6. The number of rotatable bonds is 5. The van der Waals surface area contributed by atoms with Crippen molar-refractivity contribution in [2.24, 2.45) is 0 Å². The van der Waals surface area contributed by atoms with Gasteiger partial charge < -0.3 is 10.1 Å². The van der Waals surface area contributed by atoms with Crippen molar-refractivity contribution < 1.29 is 9.53 Å². The minimum Gasteiger partial charge on any atom is -0.478 e. The van der Waals surface area contributed by atoms with Crippen LogP contribution in [0.3, 0.4) is 0 Å². The van der Waals surface area contributed by atoms with Crippen LogP contribution < -0.4 is 10.1 Å². The first-order valence-electron chi connectivity index (χ1n) is 6.34. The SMILES string of the molecule is CCCCOc1ccc(C(=O)NC(C)(C)C)cn1. The lowest BCUT2D eigenvalue weighted by atomic mass is 10.1. The van der Waals surface area contributed by atoms with Crippen molar-refractivity contribution in [3.05, 3.63) is 23.9 Å². The molecule has 4 nitrogen and oxygen atoms in total. The van der Waals surface area contributed by atoms with Gasteiger partial charge in [0.1, 0.15) is 0 Å². The van der Waals surface area contributed by atoms with Crippen LogP contribution in [0.5, 0.6) is 5.88 Å². The van der Waals surface area contributed by atoms with Crippen molar-refractivity contribution in [2.45, 2.75) is 46.1 Å². The molecule has 18 heavy (non-hydrogen) atoms. The third-order valence-corrected chi connectivity index (χ3v) is 2.23. The van der Waals surface area contributed by atoms with E-state index in [9.17, 15) is 4.79 Å².